The predicted octanol–water partition coefficient (Wildman–Crippen LogP) is 3.18. The van der Waals surface area contributed by atoms with Crippen molar-refractivity contribution in [3.05, 3.63) is 53.4 Å². The van der Waals surface area contributed by atoms with Crippen molar-refractivity contribution < 1.29 is 0 Å². The maximum Gasteiger partial charge on any atom is 0.152 e. The molecule has 0 saturated carbocycles. The second kappa shape index (κ2) is 3.72. The van der Waals surface area contributed by atoms with Crippen LogP contribution in [0.4, 0.5) is 0 Å². The molecule has 78 valence electrons. The van der Waals surface area contributed by atoms with Crippen molar-refractivity contribution in [1.82, 2.24) is 14.5 Å². The second-order valence-electron chi connectivity index (χ2n) is 3.41. The first-order chi connectivity index (χ1) is 7.86. The van der Waals surface area contributed by atoms with Crippen molar-refractivity contribution in [2.24, 2.45) is 0 Å². The van der Waals surface area contributed by atoms with Crippen LogP contribution < -0.4 is 0 Å². The molecule has 3 aromatic rings. The van der Waals surface area contributed by atoms with Gasteiger partial charge in [0.25, 0.3) is 0 Å². The van der Waals surface area contributed by atoms with Crippen molar-refractivity contribution in [2.75, 3.05) is 0 Å². The predicted molar refractivity (Wildman–Crippen MR) is 66.6 cm³/mol. The van der Waals surface area contributed by atoms with Crippen LogP contribution in [0.1, 0.15) is 0 Å². The highest BCUT2D eigenvalue weighted by Crippen LogP contribution is 2.22. The van der Waals surface area contributed by atoms with E-state index in [0.29, 0.717) is 0 Å². The van der Waals surface area contributed by atoms with Crippen LogP contribution in [0.15, 0.2) is 53.4 Å². The summed E-state index contributed by atoms with van der Waals surface area (Å²) in [7, 11) is 0. The first-order valence-corrected chi connectivity index (χ1v) is 5.68. The van der Waals surface area contributed by atoms with Crippen LogP contribution in [0, 0.1) is 0 Å². The number of pyridine rings is 1. The molecular weight excluding hydrogens is 266 g/mol. The van der Waals surface area contributed by atoms with Gasteiger partial charge in [-0.05, 0) is 40.2 Å². The highest BCUT2D eigenvalue weighted by atomic mass is 79.9. The largest absolute Gasteiger partial charge is 0.282 e. The fraction of sp³-hybridized carbons (Fsp3) is 0. The summed E-state index contributed by atoms with van der Waals surface area (Å²) in [5.41, 5.74) is 2.03. The van der Waals surface area contributed by atoms with Gasteiger partial charge in [-0.15, -0.1) is 0 Å². The van der Waals surface area contributed by atoms with Gasteiger partial charge in [0.1, 0.15) is 6.33 Å². The summed E-state index contributed by atoms with van der Waals surface area (Å²) >= 11 is 3.49. The lowest BCUT2D eigenvalue weighted by molar-refractivity contribution is 1.01. The van der Waals surface area contributed by atoms with Crippen LogP contribution in [0.5, 0.6) is 0 Å². The number of halogens is 1. The lowest BCUT2D eigenvalue weighted by Gasteiger charge is -2.04. The lowest BCUT2D eigenvalue weighted by Crippen LogP contribution is -1.96. The van der Waals surface area contributed by atoms with Gasteiger partial charge >= 0.3 is 0 Å². The number of para-hydroxylation sites is 2. The molecule has 2 aromatic heterocycles. The number of hydrogen-bond donors (Lipinski definition) is 0. The Morgan fingerprint density at radius 2 is 1.88 bits per heavy atom. The monoisotopic (exact) mass is 273 g/mol. The van der Waals surface area contributed by atoms with Gasteiger partial charge in [0.05, 0.1) is 15.5 Å². The number of rotatable bonds is 1. The average molecular weight is 274 g/mol. The van der Waals surface area contributed by atoms with E-state index in [4.69, 9.17) is 0 Å². The van der Waals surface area contributed by atoms with E-state index < -0.39 is 0 Å². The first kappa shape index (κ1) is 9.54. The third kappa shape index (κ3) is 1.42. The average Bonchev–Trinajstić information content (AvgIpc) is 2.74. The summed E-state index contributed by atoms with van der Waals surface area (Å²) in [6.45, 7) is 0. The number of benzene rings is 1. The molecular formula is C12H8BrN3. The van der Waals surface area contributed by atoms with E-state index in [2.05, 4.69) is 25.9 Å². The molecule has 1 aromatic carbocycles. The minimum absolute atomic E-state index is 0.858. The van der Waals surface area contributed by atoms with Crippen LogP contribution in [-0.4, -0.2) is 14.5 Å². The topological polar surface area (TPSA) is 30.7 Å². The molecule has 0 N–H and O–H groups in total. The minimum Gasteiger partial charge on any atom is -0.282 e. The van der Waals surface area contributed by atoms with Crippen molar-refractivity contribution in [1.29, 1.82) is 0 Å². The number of fused-ring (bicyclic) bond motifs is 1. The molecule has 0 amide bonds. The Kier molecular flexibility index (Phi) is 2.22. The fourth-order valence-electron chi connectivity index (χ4n) is 1.68. The van der Waals surface area contributed by atoms with E-state index in [0.717, 1.165) is 21.3 Å². The third-order valence-corrected chi connectivity index (χ3v) is 3.04. The van der Waals surface area contributed by atoms with Crippen LogP contribution >= 0.6 is 15.9 Å². The Bertz CT molecular complexity index is 645. The van der Waals surface area contributed by atoms with Gasteiger partial charge in [0.2, 0.25) is 0 Å². The van der Waals surface area contributed by atoms with Crippen LogP contribution in [0.2, 0.25) is 0 Å². The van der Waals surface area contributed by atoms with E-state index in [-0.39, 0.29) is 0 Å². The SMILES string of the molecule is Brc1cccnc1-n1cnc2ccccc21. The zero-order valence-corrected chi connectivity index (χ0v) is 9.92. The molecule has 0 saturated heterocycles. The van der Waals surface area contributed by atoms with E-state index in [1.807, 2.05) is 41.0 Å². The minimum atomic E-state index is 0.858. The zero-order valence-electron chi connectivity index (χ0n) is 8.34. The van der Waals surface area contributed by atoms with Crippen molar-refractivity contribution in [2.45, 2.75) is 0 Å². The second-order valence-corrected chi connectivity index (χ2v) is 4.27. The molecule has 0 aliphatic heterocycles. The summed E-state index contributed by atoms with van der Waals surface area (Å²) in [4.78, 5) is 8.69. The van der Waals surface area contributed by atoms with Crippen molar-refractivity contribution >= 4 is 27.0 Å². The fourth-order valence-corrected chi connectivity index (χ4v) is 2.13. The summed E-state index contributed by atoms with van der Waals surface area (Å²) in [5, 5.41) is 0. The van der Waals surface area contributed by atoms with Crippen LogP contribution in [0.25, 0.3) is 16.9 Å². The molecule has 0 aliphatic rings. The number of nitrogens with zero attached hydrogens (tertiary/aromatic N) is 3. The molecule has 0 bridgehead atoms. The molecule has 3 nitrogen and oxygen atoms in total. The lowest BCUT2D eigenvalue weighted by atomic mass is 10.3. The van der Waals surface area contributed by atoms with Crippen molar-refractivity contribution in [3.8, 4) is 5.82 Å². The smallest absolute Gasteiger partial charge is 0.152 e. The molecule has 0 spiro atoms. The number of hydrogen-bond acceptors (Lipinski definition) is 2. The molecule has 0 atom stereocenters. The van der Waals surface area contributed by atoms with Gasteiger partial charge in [-0.3, -0.25) is 4.57 Å². The van der Waals surface area contributed by atoms with Gasteiger partial charge in [-0.25, -0.2) is 9.97 Å². The van der Waals surface area contributed by atoms with Gasteiger partial charge < -0.3 is 0 Å². The van der Waals surface area contributed by atoms with E-state index in [1.54, 1.807) is 12.5 Å². The first-order valence-electron chi connectivity index (χ1n) is 4.89. The van der Waals surface area contributed by atoms with Gasteiger partial charge in [0.15, 0.2) is 5.82 Å². The van der Waals surface area contributed by atoms with Crippen molar-refractivity contribution in [3.63, 3.8) is 0 Å². The third-order valence-electron chi connectivity index (χ3n) is 2.42. The standard InChI is InChI=1S/C12H8BrN3/c13-9-4-3-7-14-12(9)16-8-15-10-5-1-2-6-11(10)16/h1-8H. The maximum atomic E-state index is 4.35. The Morgan fingerprint density at radius 3 is 2.75 bits per heavy atom. The molecule has 16 heavy (non-hydrogen) atoms. The summed E-state index contributed by atoms with van der Waals surface area (Å²) < 4.78 is 2.93. The van der Waals surface area contributed by atoms with Gasteiger partial charge in [-0.2, -0.15) is 0 Å². The molecule has 0 fully saturated rings. The van der Waals surface area contributed by atoms with Gasteiger partial charge in [-0.1, -0.05) is 12.1 Å². The Balaban J connectivity index is 2.31. The van der Waals surface area contributed by atoms with E-state index in [1.165, 1.54) is 0 Å². The molecule has 0 unspecified atom stereocenters. The Morgan fingerprint density at radius 1 is 1.00 bits per heavy atom. The summed E-state index contributed by atoms with van der Waals surface area (Å²) in [6, 6.07) is 11.9. The summed E-state index contributed by atoms with van der Waals surface area (Å²) in [6.07, 6.45) is 3.56. The number of imidazole rings is 1. The Labute approximate surface area is 101 Å². The number of aromatic nitrogens is 3. The normalized spacial score (nSPS) is 10.8. The Hall–Kier alpha value is -1.68. The molecule has 3 rings (SSSR count). The highest BCUT2D eigenvalue weighted by Gasteiger charge is 2.07. The van der Waals surface area contributed by atoms with Crippen LogP contribution in [-0.2, 0) is 0 Å². The zero-order chi connectivity index (χ0) is 11.0. The molecule has 4 heteroatoms. The highest BCUT2D eigenvalue weighted by molar-refractivity contribution is 9.10. The molecule has 0 aliphatic carbocycles. The summed E-state index contributed by atoms with van der Waals surface area (Å²) in [5.74, 6) is 0.858. The van der Waals surface area contributed by atoms with E-state index in [9.17, 15) is 0 Å². The molecule has 0 radical (unpaired) electrons. The molecule has 2 heterocycles. The van der Waals surface area contributed by atoms with E-state index >= 15 is 0 Å². The van der Waals surface area contributed by atoms with Gasteiger partial charge in [0, 0.05) is 6.20 Å². The quantitative estimate of drug-likeness (QED) is 0.682. The van der Waals surface area contributed by atoms with Crippen LogP contribution in [0.3, 0.4) is 0 Å². The maximum absolute atomic E-state index is 4.35.